The van der Waals surface area contributed by atoms with E-state index in [-0.39, 0.29) is 12.0 Å². The molecule has 3 atom stereocenters. The highest BCUT2D eigenvalue weighted by Gasteiger charge is 2.12. The number of hydrogen-bond acceptors (Lipinski definition) is 2. The molecular weight excluding hydrogens is 260 g/mol. The van der Waals surface area contributed by atoms with Crippen molar-refractivity contribution in [1.29, 1.82) is 0 Å². The minimum Gasteiger partial charge on any atom is -0.393 e. The van der Waals surface area contributed by atoms with Crippen LogP contribution in [0.15, 0.2) is 42.5 Å². The highest BCUT2D eigenvalue weighted by atomic mass is 16.5. The van der Waals surface area contributed by atoms with Crippen molar-refractivity contribution in [2.75, 3.05) is 6.61 Å². The first kappa shape index (κ1) is 17.9. The molecule has 1 aromatic carbocycles. The normalized spacial score (nSPS) is 16.0. The molecule has 0 unspecified atom stereocenters. The molecule has 118 valence electrons. The zero-order chi connectivity index (χ0) is 15.5. The summed E-state index contributed by atoms with van der Waals surface area (Å²) in [6.45, 7) is 7.78. The van der Waals surface area contributed by atoms with E-state index >= 15 is 0 Å². The molecule has 1 rings (SSSR count). The Bertz CT molecular complexity index is 386. The maximum absolute atomic E-state index is 10.0. The van der Waals surface area contributed by atoms with E-state index in [1.807, 2.05) is 31.2 Å². The maximum atomic E-state index is 10.0. The molecule has 0 spiro atoms. The number of allylic oxidation sites excluding steroid dienone is 1. The Morgan fingerprint density at radius 3 is 2.48 bits per heavy atom. The number of benzene rings is 1. The Morgan fingerprint density at radius 1 is 1.10 bits per heavy atom. The van der Waals surface area contributed by atoms with Crippen molar-refractivity contribution in [3.8, 4) is 0 Å². The van der Waals surface area contributed by atoms with Gasteiger partial charge in [-0.1, -0.05) is 56.3 Å². The quantitative estimate of drug-likeness (QED) is 0.505. The summed E-state index contributed by atoms with van der Waals surface area (Å²) >= 11 is 0. The van der Waals surface area contributed by atoms with Gasteiger partial charge in [0.25, 0.3) is 0 Å². The Hall–Kier alpha value is -1.12. The van der Waals surface area contributed by atoms with Gasteiger partial charge in [-0.25, -0.2) is 0 Å². The first-order valence-corrected chi connectivity index (χ1v) is 8.06. The van der Waals surface area contributed by atoms with Crippen LogP contribution in [-0.4, -0.2) is 17.8 Å². The largest absolute Gasteiger partial charge is 0.393 e. The third kappa shape index (κ3) is 8.03. The standard InChI is InChI=1S/C19H30O2/c1-4-8-17(3)19(20)12-11-16(2)13-14-21-15-18-9-6-5-7-10-18/h4-10,16-17,19-20H,11-15H2,1-3H3/b8-4+/t16-,17+,19+/m0/s1. The average Bonchev–Trinajstić information content (AvgIpc) is 2.50. The van der Waals surface area contributed by atoms with Crippen molar-refractivity contribution in [3.05, 3.63) is 48.0 Å². The highest BCUT2D eigenvalue weighted by Crippen LogP contribution is 2.17. The Morgan fingerprint density at radius 2 is 1.81 bits per heavy atom. The van der Waals surface area contributed by atoms with Gasteiger partial charge in [0.2, 0.25) is 0 Å². The maximum Gasteiger partial charge on any atom is 0.0716 e. The van der Waals surface area contributed by atoms with Crippen LogP contribution in [0.5, 0.6) is 0 Å². The van der Waals surface area contributed by atoms with E-state index in [0.717, 1.165) is 25.9 Å². The summed E-state index contributed by atoms with van der Waals surface area (Å²) in [5.41, 5.74) is 1.22. The molecule has 0 amide bonds. The van der Waals surface area contributed by atoms with Gasteiger partial charge in [-0.15, -0.1) is 0 Å². The van der Waals surface area contributed by atoms with E-state index < -0.39 is 0 Å². The molecule has 21 heavy (non-hydrogen) atoms. The minimum absolute atomic E-state index is 0.228. The molecule has 2 nitrogen and oxygen atoms in total. The summed E-state index contributed by atoms with van der Waals surface area (Å²) in [7, 11) is 0. The van der Waals surface area contributed by atoms with Gasteiger partial charge in [-0.3, -0.25) is 0 Å². The second kappa shape index (κ2) is 10.6. The average molecular weight is 290 g/mol. The topological polar surface area (TPSA) is 29.5 Å². The summed E-state index contributed by atoms with van der Waals surface area (Å²) in [5, 5.41) is 10.0. The minimum atomic E-state index is -0.228. The van der Waals surface area contributed by atoms with Crippen molar-refractivity contribution in [2.24, 2.45) is 11.8 Å². The summed E-state index contributed by atoms with van der Waals surface area (Å²) in [5.74, 6) is 0.838. The summed E-state index contributed by atoms with van der Waals surface area (Å²) < 4.78 is 5.71. The Balaban J connectivity index is 2.10. The van der Waals surface area contributed by atoms with Crippen molar-refractivity contribution in [3.63, 3.8) is 0 Å². The number of ether oxygens (including phenoxy) is 1. The third-order valence-corrected chi connectivity index (χ3v) is 3.92. The van der Waals surface area contributed by atoms with Crippen molar-refractivity contribution >= 4 is 0 Å². The zero-order valence-electron chi connectivity index (χ0n) is 13.7. The van der Waals surface area contributed by atoms with Crippen LogP contribution in [0.4, 0.5) is 0 Å². The number of hydrogen-bond donors (Lipinski definition) is 1. The van der Waals surface area contributed by atoms with Crippen LogP contribution >= 0.6 is 0 Å². The van der Waals surface area contributed by atoms with Crippen molar-refractivity contribution < 1.29 is 9.84 Å². The molecule has 0 heterocycles. The van der Waals surface area contributed by atoms with Crippen molar-refractivity contribution in [1.82, 2.24) is 0 Å². The smallest absolute Gasteiger partial charge is 0.0716 e. The Labute approximate surface area is 129 Å². The molecule has 0 saturated heterocycles. The molecule has 0 aliphatic rings. The molecule has 0 aromatic heterocycles. The van der Waals surface area contributed by atoms with Crippen LogP contribution in [0.1, 0.15) is 45.6 Å². The van der Waals surface area contributed by atoms with Crippen LogP contribution in [-0.2, 0) is 11.3 Å². The first-order valence-electron chi connectivity index (χ1n) is 8.06. The highest BCUT2D eigenvalue weighted by molar-refractivity contribution is 5.13. The fraction of sp³-hybridized carbons (Fsp3) is 0.579. The SMILES string of the molecule is C/C=C/[C@@H](C)[C@H](O)CC[C@H](C)CCOCc1ccccc1. The monoisotopic (exact) mass is 290 g/mol. The van der Waals surface area contributed by atoms with Crippen LogP contribution in [0, 0.1) is 11.8 Å². The van der Waals surface area contributed by atoms with E-state index in [1.165, 1.54) is 5.56 Å². The van der Waals surface area contributed by atoms with E-state index in [4.69, 9.17) is 4.74 Å². The molecule has 2 heteroatoms. The lowest BCUT2D eigenvalue weighted by atomic mass is 9.94. The lowest BCUT2D eigenvalue weighted by Crippen LogP contribution is -2.17. The van der Waals surface area contributed by atoms with Gasteiger partial charge in [0.05, 0.1) is 12.7 Å². The third-order valence-electron chi connectivity index (χ3n) is 3.92. The van der Waals surface area contributed by atoms with Gasteiger partial charge in [-0.2, -0.15) is 0 Å². The summed E-state index contributed by atoms with van der Waals surface area (Å²) in [4.78, 5) is 0. The molecule has 0 bridgehead atoms. The van der Waals surface area contributed by atoms with Gasteiger partial charge in [0, 0.05) is 6.61 Å². The molecular formula is C19H30O2. The van der Waals surface area contributed by atoms with E-state index in [1.54, 1.807) is 0 Å². The predicted octanol–water partition coefficient (Wildman–Crippen LogP) is 4.58. The molecule has 0 aliphatic carbocycles. The zero-order valence-corrected chi connectivity index (χ0v) is 13.7. The van der Waals surface area contributed by atoms with Crippen LogP contribution in [0.3, 0.4) is 0 Å². The van der Waals surface area contributed by atoms with Crippen LogP contribution in [0.25, 0.3) is 0 Å². The van der Waals surface area contributed by atoms with Gasteiger partial charge in [0.1, 0.15) is 0 Å². The van der Waals surface area contributed by atoms with Crippen LogP contribution < -0.4 is 0 Å². The van der Waals surface area contributed by atoms with E-state index in [0.29, 0.717) is 12.5 Å². The predicted molar refractivity (Wildman–Crippen MR) is 89.1 cm³/mol. The number of aliphatic hydroxyl groups excluding tert-OH is 1. The van der Waals surface area contributed by atoms with Crippen molar-refractivity contribution in [2.45, 2.75) is 52.7 Å². The number of aliphatic hydroxyl groups is 1. The molecule has 1 aromatic rings. The second-order valence-electron chi connectivity index (χ2n) is 5.96. The molecule has 0 aliphatic heterocycles. The lowest BCUT2D eigenvalue weighted by Gasteiger charge is -2.18. The van der Waals surface area contributed by atoms with Gasteiger partial charge in [-0.05, 0) is 43.6 Å². The van der Waals surface area contributed by atoms with Gasteiger partial charge < -0.3 is 9.84 Å². The van der Waals surface area contributed by atoms with E-state index in [2.05, 4.69) is 32.1 Å². The number of rotatable bonds is 10. The van der Waals surface area contributed by atoms with Gasteiger partial charge in [0.15, 0.2) is 0 Å². The fourth-order valence-electron chi connectivity index (χ4n) is 2.34. The summed E-state index contributed by atoms with van der Waals surface area (Å²) in [6.07, 6.45) is 6.82. The Kier molecular flexibility index (Phi) is 9.04. The molecule has 0 saturated carbocycles. The first-order chi connectivity index (χ1) is 10.1. The molecule has 0 fully saturated rings. The summed E-state index contributed by atoms with van der Waals surface area (Å²) in [6, 6.07) is 10.3. The molecule has 0 radical (unpaired) electrons. The molecule has 1 N–H and O–H groups in total. The lowest BCUT2D eigenvalue weighted by molar-refractivity contribution is 0.0968. The fourth-order valence-corrected chi connectivity index (χ4v) is 2.34. The second-order valence-corrected chi connectivity index (χ2v) is 5.96. The van der Waals surface area contributed by atoms with Gasteiger partial charge >= 0.3 is 0 Å². The van der Waals surface area contributed by atoms with E-state index in [9.17, 15) is 5.11 Å². The van der Waals surface area contributed by atoms with Crippen LogP contribution in [0.2, 0.25) is 0 Å².